The molecule has 2 atom stereocenters. The number of hydrogen-bond acceptors (Lipinski definition) is 4. The minimum Gasteiger partial charge on any atom is -0.399 e. The van der Waals surface area contributed by atoms with Crippen LogP contribution in [-0.4, -0.2) is 21.5 Å². The van der Waals surface area contributed by atoms with Crippen LogP contribution in [0.3, 0.4) is 0 Å². The molecule has 2 unspecified atom stereocenters. The predicted molar refractivity (Wildman–Crippen MR) is 118 cm³/mol. The summed E-state index contributed by atoms with van der Waals surface area (Å²) in [6.45, 7) is 0. The number of carbonyl (C=O) groups excluding carboxylic acids is 2. The topological polar surface area (TPSA) is 97.4 Å². The van der Waals surface area contributed by atoms with Crippen LogP contribution in [0.25, 0.3) is 16.5 Å². The number of fused-ring (bicyclic) bond motifs is 2. The van der Waals surface area contributed by atoms with Crippen LogP contribution in [0.15, 0.2) is 53.1 Å². The number of anilines is 1. The maximum Gasteiger partial charge on any atom is 0.234 e. The van der Waals surface area contributed by atoms with Crippen molar-refractivity contribution in [3.8, 4) is 0 Å². The van der Waals surface area contributed by atoms with Crippen LogP contribution in [0.4, 0.5) is 5.69 Å². The molecule has 2 aliphatic rings. The van der Waals surface area contributed by atoms with E-state index in [2.05, 4.69) is 21.2 Å². The Balaban J connectivity index is 1.63. The molecule has 1 fully saturated rings. The number of aliphatic hydroxyl groups is 1. The van der Waals surface area contributed by atoms with Crippen molar-refractivity contribution in [1.82, 2.24) is 9.88 Å². The number of nitrogens with zero attached hydrogens (tertiary/aromatic N) is 1. The van der Waals surface area contributed by atoms with E-state index < -0.39 is 11.5 Å². The van der Waals surface area contributed by atoms with Crippen molar-refractivity contribution in [2.75, 3.05) is 5.73 Å². The summed E-state index contributed by atoms with van der Waals surface area (Å²) in [5.41, 5.74) is 9.53. The summed E-state index contributed by atoms with van der Waals surface area (Å²) < 4.78 is 2.83. The maximum absolute atomic E-state index is 12.3. The first-order chi connectivity index (χ1) is 14.2. The lowest BCUT2D eigenvalue weighted by molar-refractivity contribution is -0.125. The Morgan fingerprint density at radius 3 is 2.80 bits per heavy atom. The summed E-state index contributed by atoms with van der Waals surface area (Å²) >= 11 is 3.49. The standard InChI is InChI=1S/C23H20BrN3O3/c1-27-11-12(15-5-3-14(25)7-20(15)27)9-23(30)10-18(17-8-21(28)26-22(17)29)16-4-2-13(24)6-19(16)23/h2-7,10-11,17,30H,8-9,25H2,1H3,(H,26,28,29). The van der Waals surface area contributed by atoms with Gasteiger partial charge in [-0.2, -0.15) is 0 Å². The Bertz CT molecular complexity index is 1280. The van der Waals surface area contributed by atoms with Gasteiger partial charge >= 0.3 is 0 Å². The number of nitrogens with two attached hydrogens (primary N) is 1. The number of amides is 2. The number of nitrogen functional groups attached to an aromatic ring is 1. The second kappa shape index (κ2) is 6.55. The zero-order valence-electron chi connectivity index (χ0n) is 16.3. The van der Waals surface area contributed by atoms with E-state index in [-0.39, 0.29) is 18.2 Å². The number of halogens is 1. The fourth-order valence-corrected chi connectivity index (χ4v) is 5.06. The third-order valence-electron chi connectivity index (χ3n) is 6.05. The molecule has 3 aromatic rings. The van der Waals surface area contributed by atoms with Crippen molar-refractivity contribution in [1.29, 1.82) is 0 Å². The molecule has 0 radical (unpaired) electrons. The molecule has 0 bridgehead atoms. The van der Waals surface area contributed by atoms with Gasteiger partial charge in [-0.3, -0.25) is 14.9 Å². The summed E-state index contributed by atoms with van der Waals surface area (Å²) in [6, 6.07) is 11.4. The molecule has 1 aliphatic carbocycles. The van der Waals surface area contributed by atoms with Crippen molar-refractivity contribution >= 4 is 49.9 Å². The summed E-state index contributed by atoms with van der Waals surface area (Å²) in [6.07, 6.45) is 4.19. The molecule has 0 saturated carbocycles. The van der Waals surface area contributed by atoms with Gasteiger partial charge in [0.1, 0.15) is 5.60 Å². The number of aryl methyl sites for hydroxylation is 1. The number of hydrogen-bond donors (Lipinski definition) is 3. The van der Waals surface area contributed by atoms with Crippen LogP contribution in [0.1, 0.15) is 23.1 Å². The van der Waals surface area contributed by atoms with Crippen molar-refractivity contribution in [2.24, 2.45) is 13.0 Å². The average molecular weight is 466 g/mol. The molecule has 5 rings (SSSR count). The molecule has 7 heteroatoms. The highest BCUT2D eigenvalue weighted by atomic mass is 79.9. The monoisotopic (exact) mass is 465 g/mol. The molecule has 2 heterocycles. The number of carbonyl (C=O) groups is 2. The van der Waals surface area contributed by atoms with Gasteiger partial charge in [0, 0.05) is 41.6 Å². The lowest BCUT2D eigenvalue weighted by Gasteiger charge is -2.23. The molecular weight excluding hydrogens is 446 g/mol. The number of benzene rings is 2. The van der Waals surface area contributed by atoms with Crippen LogP contribution in [0.2, 0.25) is 0 Å². The van der Waals surface area contributed by atoms with E-state index in [1.165, 1.54) is 0 Å². The predicted octanol–water partition coefficient (Wildman–Crippen LogP) is 3.01. The Labute approximate surface area is 181 Å². The Morgan fingerprint density at radius 1 is 1.27 bits per heavy atom. The van der Waals surface area contributed by atoms with Gasteiger partial charge in [0.15, 0.2) is 0 Å². The van der Waals surface area contributed by atoms with E-state index in [9.17, 15) is 14.7 Å². The van der Waals surface area contributed by atoms with Gasteiger partial charge in [-0.1, -0.05) is 28.1 Å². The Hall–Kier alpha value is -2.90. The zero-order chi connectivity index (χ0) is 21.2. The van der Waals surface area contributed by atoms with Gasteiger partial charge in [0.25, 0.3) is 0 Å². The molecule has 1 aromatic heterocycles. The molecular formula is C23H20BrN3O3. The van der Waals surface area contributed by atoms with Crippen LogP contribution < -0.4 is 11.1 Å². The second-order valence-corrected chi connectivity index (χ2v) is 9.02. The van der Waals surface area contributed by atoms with E-state index in [1.807, 2.05) is 54.2 Å². The number of aromatic nitrogens is 1. The Kier molecular flexibility index (Phi) is 4.17. The normalized spacial score (nSPS) is 23.0. The van der Waals surface area contributed by atoms with Crippen LogP contribution in [-0.2, 0) is 28.7 Å². The van der Waals surface area contributed by atoms with Gasteiger partial charge in [-0.15, -0.1) is 0 Å². The average Bonchev–Trinajstić information content (AvgIpc) is 3.27. The third-order valence-corrected chi connectivity index (χ3v) is 6.55. The highest BCUT2D eigenvalue weighted by Gasteiger charge is 2.43. The first-order valence-electron chi connectivity index (χ1n) is 9.68. The SMILES string of the molecule is Cn1cc(CC2(O)C=C(C3CC(=O)NC3=O)c3ccc(Br)cc32)c2ccc(N)cc21. The van der Waals surface area contributed by atoms with Crippen LogP contribution in [0, 0.1) is 5.92 Å². The highest BCUT2D eigenvalue weighted by molar-refractivity contribution is 9.10. The Morgan fingerprint density at radius 2 is 2.07 bits per heavy atom. The molecule has 2 aromatic carbocycles. The largest absolute Gasteiger partial charge is 0.399 e. The summed E-state index contributed by atoms with van der Waals surface area (Å²) in [4.78, 5) is 24.1. The van der Waals surface area contributed by atoms with Gasteiger partial charge in [0.2, 0.25) is 11.8 Å². The van der Waals surface area contributed by atoms with Crippen LogP contribution >= 0.6 is 15.9 Å². The molecule has 30 heavy (non-hydrogen) atoms. The lowest BCUT2D eigenvalue weighted by Crippen LogP contribution is -2.24. The lowest BCUT2D eigenvalue weighted by atomic mass is 9.89. The van der Waals surface area contributed by atoms with Crippen molar-refractivity contribution in [3.05, 3.63) is 69.8 Å². The fourth-order valence-electron chi connectivity index (χ4n) is 4.69. The van der Waals surface area contributed by atoms with Gasteiger partial charge in [-0.25, -0.2) is 0 Å². The minimum atomic E-state index is -1.30. The number of rotatable bonds is 3. The molecule has 152 valence electrons. The summed E-state index contributed by atoms with van der Waals surface area (Å²) in [7, 11) is 1.95. The molecule has 0 spiro atoms. The molecule has 4 N–H and O–H groups in total. The van der Waals surface area contributed by atoms with E-state index in [1.54, 1.807) is 6.08 Å². The third kappa shape index (κ3) is 2.88. The highest BCUT2D eigenvalue weighted by Crippen LogP contribution is 2.47. The van der Waals surface area contributed by atoms with Crippen molar-refractivity contribution < 1.29 is 14.7 Å². The van der Waals surface area contributed by atoms with Gasteiger partial charge < -0.3 is 15.4 Å². The molecule has 2 amide bonds. The summed E-state index contributed by atoms with van der Waals surface area (Å²) in [5.74, 6) is -1.18. The first-order valence-corrected chi connectivity index (χ1v) is 10.5. The van der Waals surface area contributed by atoms with Gasteiger partial charge in [0.05, 0.1) is 11.4 Å². The number of nitrogens with one attached hydrogen (secondary N) is 1. The zero-order valence-corrected chi connectivity index (χ0v) is 17.9. The fraction of sp³-hybridized carbons (Fsp3) is 0.217. The number of imide groups is 1. The van der Waals surface area contributed by atoms with E-state index >= 15 is 0 Å². The molecule has 6 nitrogen and oxygen atoms in total. The van der Waals surface area contributed by atoms with Crippen LogP contribution in [0.5, 0.6) is 0 Å². The van der Waals surface area contributed by atoms with E-state index in [0.717, 1.165) is 32.1 Å². The first kappa shape index (κ1) is 19.1. The van der Waals surface area contributed by atoms with Gasteiger partial charge in [-0.05, 0) is 52.6 Å². The smallest absolute Gasteiger partial charge is 0.234 e. The quantitative estimate of drug-likeness (QED) is 0.409. The van der Waals surface area contributed by atoms with Crippen molar-refractivity contribution in [2.45, 2.75) is 18.4 Å². The van der Waals surface area contributed by atoms with E-state index in [4.69, 9.17) is 5.73 Å². The van der Waals surface area contributed by atoms with E-state index in [0.29, 0.717) is 17.7 Å². The summed E-state index contributed by atoms with van der Waals surface area (Å²) in [5, 5.41) is 15.2. The minimum absolute atomic E-state index is 0.101. The maximum atomic E-state index is 12.3. The second-order valence-electron chi connectivity index (χ2n) is 8.10. The molecule has 1 aliphatic heterocycles. The molecule has 1 saturated heterocycles. The van der Waals surface area contributed by atoms with Crippen molar-refractivity contribution in [3.63, 3.8) is 0 Å².